The summed E-state index contributed by atoms with van der Waals surface area (Å²) in [5.41, 5.74) is 2.41. The molecular formula is C19H22N6O. The molecule has 4 rings (SSSR count). The van der Waals surface area contributed by atoms with Crippen LogP contribution in [0.15, 0.2) is 43.0 Å². The van der Waals surface area contributed by atoms with Crippen LogP contribution < -0.4 is 4.90 Å². The highest BCUT2D eigenvalue weighted by atomic mass is 16.2. The number of amides is 1. The lowest BCUT2D eigenvalue weighted by molar-refractivity contribution is 0.0786. The number of hydrogen-bond donors (Lipinski definition) is 0. The van der Waals surface area contributed by atoms with Crippen molar-refractivity contribution >= 4 is 22.9 Å². The van der Waals surface area contributed by atoms with Crippen LogP contribution in [-0.2, 0) is 6.54 Å². The highest BCUT2D eigenvalue weighted by molar-refractivity contribution is 5.94. The van der Waals surface area contributed by atoms with E-state index in [0.717, 1.165) is 48.6 Å². The Morgan fingerprint density at radius 1 is 1.19 bits per heavy atom. The summed E-state index contributed by atoms with van der Waals surface area (Å²) in [6.07, 6.45) is 4.40. The minimum atomic E-state index is 0.112. The quantitative estimate of drug-likeness (QED) is 0.720. The van der Waals surface area contributed by atoms with Gasteiger partial charge in [0.2, 0.25) is 0 Å². The van der Waals surface area contributed by atoms with Gasteiger partial charge in [0.1, 0.15) is 6.33 Å². The summed E-state index contributed by atoms with van der Waals surface area (Å²) in [6, 6.07) is 9.48. The van der Waals surface area contributed by atoms with Gasteiger partial charge in [0.15, 0.2) is 17.0 Å². The van der Waals surface area contributed by atoms with Crippen molar-refractivity contribution in [2.24, 2.45) is 5.92 Å². The van der Waals surface area contributed by atoms with E-state index in [1.165, 1.54) is 0 Å². The van der Waals surface area contributed by atoms with Crippen LogP contribution in [0, 0.1) is 5.92 Å². The summed E-state index contributed by atoms with van der Waals surface area (Å²) in [5, 5.41) is 0. The molecule has 3 heterocycles. The molecule has 1 aliphatic heterocycles. The number of hydrogen-bond acceptors (Lipinski definition) is 5. The normalized spacial score (nSPS) is 17.0. The number of imidazole rings is 1. The Balaban J connectivity index is 1.48. The van der Waals surface area contributed by atoms with Gasteiger partial charge in [-0.3, -0.25) is 4.79 Å². The fraction of sp³-hybridized carbons (Fsp3) is 0.368. The standard InChI is InChI=1S/C19H22N6O/c1-23(2)17-16-18(21-12-20-17)25(13-22-16)11-14-8-9-24(10-14)19(26)15-6-4-3-5-7-15/h3-7,12-14H,8-11H2,1-2H3. The average Bonchev–Trinajstić information content (AvgIpc) is 3.29. The summed E-state index contributed by atoms with van der Waals surface area (Å²) in [6.45, 7) is 2.36. The minimum Gasteiger partial charge on any atom is -0.361 e. The third-order valence-electron chi connectivity index (χ3n) is 4.85. The monoisotopic (exact) mass is 350 g/mol. The second kappa shape index (κ2) is 6.74. The Kier molecular flexibility index (Phi) is 4.28. The van der Waals surface area contributed by atoms with Crippen LogP contribution >= 0.6 is 0 Å². The van der Waals surface area contributed by atoms with Crippen molar-refractivity contribution in [2.75, 3.05) is 32.1 Å². The number of fused-ring (bicyclic) bond motifs is 1. The van der Waals surface area contributed by atoms with Gasteiger partial charge in [-0.2, -0.15) is 0 Å². The van der Waals surface area contributed by atoms with Crippen LogP contribution in [0.2, 0.25) is 0 Å². The number of carbonyl (C=O) groups excluding carboxylic acids is 1. The van der Waals surface area contributed by atoms with E-state index in [2.05, 4.69) is 19.5 Å². The molecule has 1 unspecified atom stereocenters. The average molecular weight is 350 g/mol. The van der Waals surface area contributed by atoms with Crippen LogP contribution in [0.25, 0.3) is 11.2 Å². The SMILES string of the molecule is CN(C)c1ncnc2c1ncn2CC1CCN(C(=O)c2ccccc2)C1. The third-order valence-corrected chi connectivity index (χ3v) is 4.85. The zero-order valence-corrected chi connectivity index (χ0v) is 15.0. The molecule has 26 heavy (non-hydrogen) atoms. The predicted molar refractivity (Wildman–Crippen MR) is 100 cm³/mol. The molecule has 1 fully saturated rings. The van der Waals surface area contributed by atoms with Crippen molar-refractivity contribution in [1.29, 1.82) is 0 Å². The van der Waals surface area contributed by atoms with Crippen LogP contribution in [0.4, 0.5) is 5.82 Å². The molecule has 7 heteroatoms. The predicted octanol–water partition coefficient (Wildman–Crippen LogP) is 2.05. The van der Waals surface area contributed by atoms with E-state index in [1.54, 1.807) is 6.33 Å². The van der Waals surface area contributed by atoms with Gasteiger partial charge in [-0.25, -0.2) is 15.0 Å². The maximum Gasteiger partial charge on any atom is 0.253 e. The number of likely N-dealkylation sites (tertiary alicyclic amines) is 1. The minimum absolute atomic E-state index is 0.112. The topological polar surface area (TPSA) is 67.2 Å². The Morgan fingerprint density at radius 2 is 2.00 bits per heavy atom. The van der Waals surface area contributed by atoms with E-state index in [4.69, 9.17) is 0 Å². The third kappa shape index (κ3) is 3.00. The summed E-state index contributed by atoms with van der Waals surface area (Å²) in [7, 11) is 3.90. The zero-order chi connectivity index (χ0) is 18.1. The van der Waals surface area contributed by atoms with Crippen molar-refractivity contribution in [3.63, 3.8) is 0 Å². The van der Waals surface area contributed by atoms with Crippen molar-refractivity contribution in [1.82, 2.24) is 24.4 Å². The highest BCUT2D eigenvalue weighted by Crippen LogP contribution is 2.24. The first-order valence-corrected chi connectivity index (χ1v) is 8.81. The van der Waals surface area contributed by atoms with Gasteiger partial charge in [-0.15, -0.1) is 0 Å². The molecule has 134 valence electrons. The van der Waals surface area contributed by atoms with Gasteiger partial charge in [0.25, 0.3) is 5.91 Å². The van der Waals surface area contributed by atoms with E-state index < -0.39 is 0 Å². The van der Waals surface area contributed by atoms with E-state index in [-0.39, 0.29) is 5.91 Å². The van der Waals surface area contributed by atoms with Crippen molar-refractivity contribution in [3.8, 4) is 0 Å². The number of aromatic nitrogens is 4. The second-order valence-electron chi connectivity index (χ2n) is 6.93. The van der Waals surface area contributed by atoms with Crippen molar-refractivity contribution < 1.29 is 4.79 Å². The lowest BCUT2D eigenvalue weighted by Gasteiger charge is -2.17. The smallest absolute Gasteiger partial charge is 0.253 e. The molecule has 0 aliphatic carbocycles. The van der Waals surface area contributed by atoms with Crippen LogP contribution in [-0.4, -0.2) is 57.5 Å². The lowest BCUT2D eigenvalue weighted by Crippen LogP contribution is -2.29. The van der Waals surface area contributed by atoms with E-state index in [0.29, 0.717) is 5.92 Å². The number of carbonyl (C=O) groups is 1. The lowest BCUT2D eigenvalue weighted by atomic mass is 10.1. The summed E-state index contributed by atoms with van der Waals surface area (Å²) in [4.78, 5) is 29.7. The molecule has 1 atom stereocenters. The first-order valence-electron chi connectivity index (χ1n) is 8.81. The number of anilines is 1. The molecule has 1 saturated heterocycles. The largest absolute Gasteiger partial charge is 0.361 e. The molecule has 1 aliphatic rings. The first kappa shape index (κ1) is 16.5. The van der Waals surface area contributed by atoms with Crippen LogP contribution in [0.1, 0.15) is 16.8 Å². The maximum absolute atomic E-state index is 12.6. The number of nitrogens with zero attached hydrogens (tertiary/aromatic N) is 6. The van der Waals surface area contributed by atoms with Crippen LogP contribution in [0.5, 0.6) is 0 Å². The zero-order valence-electron chi connectivity index (χ0n) is 15.0. The Hall–Kier alpha value is -2.96. The summed E-state index contributed by atoms with van der Waals surface area (Å²) < 4.78 is 2.07. The summed E-state index contributed by atoms with van der Waals surface area (Å²) in [5.74, 6) is 1.33. The molecule has 3 aromatic rings. The summed E-state index contributed by atoms with van der Waals surface area (Å²) >= 11 is 0. The van der Waals surface area contributed by atoms with E-state index in [9.17, 15) is 4.79 Å². The van der Waals surface area contributed by atoms with Gasteiger partial charge in [-0.05, 0) is 24.5 Å². The van der Waals surface area contributed by atoms with Crippen molar-refractivity contribution in [3.05, 3.63) is 48.5 Å². The molecule has 2 aromatic heterocycles. The second-order valence-corrected chi connectivity index (χ2v) is 6.93. The van der Waals surface area contributed by atoms with E-state index >= 15 is 0 Å². The number of rotatable bonds is 4. The van der Waals surface area contributed by atoms with Gasteiger partial charge in [0.05, 0.1) is 6.33 Å². The Bertz CT molecular complexity index is 920. The molecule has 7 nitrogen and oxygen atoms in total. The molecule has 0 spiro atoms. The maximum atomic E-state index is 12.6. The fourth-order valence-corrected chi connectivity index (χ4v) is 3.54. The molecule has 1 amide bonds. The molecule has 0 saturated carbocycles. The Labute approximate surface area is 152 Å². The Morgan fingerprint density at radius 3 is 2.77 bits per heavy atom. The van der Waals surface area contributed by atoms with Gasteiger partial charge in [0, 0.05) is 39.3 Å². The van der Waals surface area contributed by atoms with E-state index in [1.807, 2.05) is 60.6 Å². The molecule has 0 radical (unpaired) electrons. The fourth-order valence-electron chi connectivity index (χ4n) is 3.54. The van der Waals surface area contributed by atoms with Crippen LogP contribution in [0.3, 0.4) is 0 Å². The molecular weight excluding hydrogens is 328 g/mol. The molecule has 0 N–H and O–H groups in total. The van der Waals surface area contributed by atoms with Gasteiger partial charge >= 0.3 is 0 Å². The molecule has 0 bridgehead atoms. The molecule has 1 aromatic carbocycles. The number of benzene rings is 1. The van der Waals surface area contributed by atoms with Crippen molar-refractivity contribution in [2.45, 2.75) is 13.0 Å². The first-order chi connectivity index (χ1) is 12.6. The highest BCUT2D eigenvalue weighted by Gasteiger charge is 2.27. The van der Waals surface area contributed by atoms with Gasteiger partial charge in [-0.1, -0.05) is 18.2 Å². The van der Waals surface area contributed by atoms with Gasteiger partial charge < -0.3 is 14.4 Å².